The Morgan fingerprint density at radius 3 is 2.57 bits per heavy atom. The van der Waals surface area contributed by atoms with E-state index in [1.165, 1.54) is 12.4 Å². The van der Waals surface area contributed by atoms with Crippen molar-refractivity contribution in [2.24, 2.45) is 0 Å². The highest BCUT2D eigenvalue weighted by Crippen LogP contribution is 2.24. The Morgan fingerprint density at radius 2 is 1.95 bits per heavy atom. The molecule has 0 spiro atoms. The summed E-state index contributed by atoms with van der Waals surface area (Å²) in [6, 6.07) is 5.27. The van der Waals surface area contributed by atoms with Crippen molar-refractivity contribution in [3.63, 3.8) is 0 Å². The second-order valence-electron chi connectivity index (χ2n) is 4.22. The molecule has 0 saturated carbocycles. The number of pyridine rings is 1. The van der Waals surface area contributed by atoms with Gasteiger partial charge in [0.1, 0.15) is 5.82 Å². The third kappa shape index (κ3) is 3.76. The summed E-state index contributed by atoms with van der Waals surface area (Å²) in [6.07, 6.45) is 3.07. The van der Waals surface area contributed by atoms with Crippen LogP contribution >= 0.6 is 11.6 Å². The van der Waals surface area contributed by atoms with Gasteiger partial charge in [0.25, 0.3) is 0 Å². The van der Waals surface area contributed by atoms with E-state index in [2.05, 4.69) is 9.71 Å². The number of rotatable bonds is 5. The average Bonchev–Trinajstić information content (AvgIpc) is 2.49. The minimum Gasteiger partial charge on any atom is -0.392 e. The largest absolute Gasteiger partial charge is 0.392 e. The van der Waals surface area contributed by atoms with E-state index in [-0.39, 0.29) is 22.0 Å². The zero-order valence-electron chi connectivity index (χ0n) is 10.8. The number of halogens is 2. The van der Waals surface area contributed by atoms with Crippen molar-refractivity contribution in [2.45, 2.75) is 18.0 Å². The van der Waals surface area contributed by atoms with Gasteiger partial charge in [0.05, 0.1) is 16.5 Å². The van der Waals surface area contributed by atoms with E-state index in [1.807, 2.05) is 0 Å². The molecule has 2 N–H and O–H groups in total. The van der Waals surface area contributed by atoms with E-state index in [1.54, 1.807) is 12.1 Å². The van der Waals surface area contributed by atoms with Crippen LogP contribution in [0.5, 0.6) is 0 Å². The van der Waals surface area contributed by atoms with Crippen molar-refractivity contribution in [2.75, 3.05) is 0 Å². The fraction of sp³-hybridized carbons (Fsp3) is 0.154. The van der Waals surface area contributed by atoms with Gasteiger partial charge in [-0.3, -0.25) is 4.98 Å². The molecule has 0 aliphatic rings. The van der Waals surface area contributed by atoms with Crippen LogP contribution in [0.4, 0.5) is 4.39 Å². The quantitative estimate of drug-likeness (QED) is 0.876. The van der Waals surface area contributed by atoms with Crippen LogP contribution in [0.25, 0.3) is 0 Å². The molecule has 0 bridgehead atoms. The third-order valence-corrected chi connectivity index (χ3v) is 4.58. The van der Waals surface area contributed by atoms with Gasteiger partial charge in [-0.25, -0.2) is 17.5 Å². The van der Waals surface area contributed by atoms with E-state index >= 15 is 0 Å². The summed E-state index contributed by atoms with van der Waals surface area (Å²) in [5.74, 6) is -0.896. The first-order chi connectivity index (χ1) is 9.94. The molecule has 5 nitrogen and oxygen atoms in total. The summed E-state index contributed by atoms with van der Waals surface area (Å²) in [7, 11) is -3.91. The van der Waals surface area contributed by atoms with E-state index in [0.29, 0.717) is 5.56 Å². The van der Waals surface area contributed by atoms with Gasteiger partial charge in [-0.15, -0.1) is 0 Å². The normalized spacial score (nSPS) is 11.6. The summed E-state index contributed by atoms with van der Waals surface area (Å²) < 4.78 is 40.2. The standard InChI is InChI=1S/C13H12ClFN2O3S/c14-13-10(8-18)5-11(6-12(13)15)21(19,20)17-7-9-1-3-16-4-2-9/h1-6,17-18H,7-8H2. The molecule has 8 heteroatoms. The number of hydrogen-bond acceptors (Lipinski definition) is 4. The van der Waals surface area contributed by atoms with Crippen molar-refractivity contribution < 1.29 is 17.9 Å². The average molecular weight is 331 g/mol. The Labute approximate surface area is 126 Å². The number of benzene rings is 1. The molecule has 0 unspecified atom stereocenters. The predicted molar refractivity (Wildman–Crippen MR) is 75.6 cm³/mol. The molecule has 112 valence electrons. The Bertz CT molecular complexity index is 739. The van der Waals surface area contributed by atoms with Crippen LogP contribution in [0.3, 0.4) is 0 Å². The number of aliphatic hydroxyl groups is 1. The monoisotopic (exact) mass is 330 g/mol. The predicted octanol–water partition coefficient (Wildman–Crippen LogP) is 1.84. The molecule has 21 heavy (non-hydrogen) atoms. The lowest BCUT2D eigenvalue weighted by Gasteiger charge is -2.09. The molecule has 2 aromatic rings. The lowest BCUT2D eigenvalue weighted by molar-refractivity contribution is 0.281. The fourth-order valence-electron chi connectivity index (χ4n) is 1.65. The first-order valence-corrected chi connectivity index (χ1v) is 7.77. The maximum Gasteiger partial charge on any atom is 0.240 e. The summed E-state index contributed by atoms with van der Waals surface area (Å²) in [5, 5.41) is 8.78. The van der Waals surface area contributed by atoms with Crippen molar-refractivity contribution in [3.8, 4) is 0 Å². The van der Waals surface area contributed by atoms with Gasteiger partial charge in [-0.2, -0.15) is 0 Å². The molecule has 0 aliphatic heterocycles. The molecule has 2 rings (SSSR count). The van der Waals surface area contributed by atoms with Gasteiger partial charge in [0, 0.05) is 24.5 Å². The molecular formula is C13H12ClFN2O3S. The Morgan fingerprint density at radius 1 is 1.29 bits per heavy atom. The van der Waals surface area contributed by atoms with Crippen LogP contribution in [0.15, 0.2) is 41.6 Å². The smallest absolute Gasteiger partial charge is 0.240 e. The molecule has 1 aromatic carbocycles. The molecule has 0 atom stereocenters. The van der Waals surface area contributed by atoms with Gasteiger partial charge >= 0.3 is 0 Å². The molecular weight excluding hydrogens is 319 g/mol. The van der Waals surface area contributed by atoms with Gasteiger partial charge < -0.3 is 5.11 Å². The van der Waals surface area contributed by atoms with Crippen molar-refractivity contribution in [3.05, 3.63) is 58.6 Å². The second-order valence-corrected chi connectivity index (χ2v) is 6.36. The van der Waals surface area contributed by atoms with Crippen LogP contribution in [-0.4, -0.2) is 18.5 Å². The zero-order chi connectivity index (χ0) is 15.5. The highest BCUT2D eigenvalue weighted by molar-refractivity contribution is 7.89. The highest BCUT2D eigenvalue weighted by Gasteiger charge is 2.18. The SMILES string of the molecule is O=S(=O)(NCc1ccncc1)c1cc(F)c(Cl)c(CO)c1. The lowest BCUT2D eigenvalue weighted by Crippen LogP contribution is -2.23. The van der Waals surface area contributed by atoms with E-state index < -0.39 is 22.4 Å². The number of nitrogens with one attached hydrogen (secondary N) is 1. The second kappa shape index (κ2) is 6.48. The Balaban J connectivity index is 2.25. The number of hydrogen-bond donors (Lipinski definition) is 2. The van der Waals surface area contributed by atoms with Gasteiger partial charge in [-0.05, 0) is 29.8 Å². The number of aliphatic hydroxyl groups excluding tert-OH is 1. The van der Waals surface area contributed by atoms with E-state index in [9.17, 15) is 12.8 Å². The number of nitrogens with zero attached hydrogens (tertiary/aromatic N) is 1. The fourth-order valence-corrected chi connectivity index (χ4v) is 2.90. The highest BCUT2D eigenvalue weighted by atomic mass is 35.5. The topological polar surface area (TPSA) is 79.3 Å². The first-order valence-electron chi connectivity index (χ1n) is 5.91. The summed E-state index contributed by atoms with van der Waals surface area (Å²) >= 11 is 5.63. The van der Waals surface area contributed by atoms with Gasteiger partial charge in [0.15, 0.2) is 0 Å². The molecule has 0 radical (unpaired) electrons. The molecule has 0 saturated heterocycles. The first kappa shape index (κ1) is 15.8. The number of sulfonamides is 1. The van der Waals surface area contributed by atoms with E-state index in [0.717, 1.165) is 12.1 Å². The van der Waals surface area contributed by atoms with Crippen LogP contribution in [0.1, 0.15) is 11.1 Å². The minimum atomic E-state index is -3.91. The molecule has 0 fully saturated rings. The summed E-state index contributed by atoms with van der Waals surface area (Å²) in [5.41, 5.74) is 0.728. The zero-order valence-corrected chi connectivity index (χ0v) is 12.3. The van der Waals surface area contributed by atoms with Gasteiger partial charge in [0.2, 0.25) is 10.0 Å². The maximum atomic E-state index is 13.6. The lowest BCUT2D eigenvalue weighted by atomic mass is 10.2. The van der Waals surface area contributed by atoms with Gasteiger partial charge in [-0.1, -0.05) is 11.6 Å². The Hall–Kier alpha value is -1.54. The molecule has 0 aliphatic carbocycles. The summed E-state index contributed by atoms with van der Waals surface area (Å²) in [6.45, 7) is -0.507. The van der Waals surface area contributed by atoms with Crippen molar-refractivity contribution in [1.82, 2.24) is 9.71 Å². The summed E-state index contributed by atoms with van der Waals surface area (Å²) in [4.78, 5) is 3.53. The number of aromatic nitrogens is 1. The Kier molecular flexibility index (Phi) is 4.89. The van der Waals surface area contributed by atoms with Crippen LogP contribution in [0, 0.1) is 5.82 Å². The third-order valence-electron chi connectivity index (χ3n) is 2.77. The van der Waals surface area contributed by atoms with Crippen LogP contribution < -0.4 is 4.72 Å². The van der Waals surface area contributed by atoms with Crippen molar-refractivity contribution in [1.29, 1.82) is 0 Å². The molecule has 1 aromatic heterocycles. The van der Waals surface area contributed by atoms with E-state index in [4.69, 9.17) is 16.7 Å². The minimum absolute atomic E-state index is 0.0148. The van der Waals surface area contributed by atoms with Crippen LogP contribution in [0.2, 0.25) is 5.02 Å². The molecule has 1 heterocycles. The van der Waals surface area contributed by atoms with Crippen molar-refractivity contribution >= 4 is 21.6 Å². The maximum absolute atomic E-state index is 13.6. The van der Waals surface area contributed by atoms with Crippen LogP contribution in [-0.2, 0) is 23.2 Å². The molecule has 0 amide bonds.